The van der Waals surface area contributed by atoms with Crippen molar-refractivity contribution >= 4 is 11.7 Å². The molecule has 2 aromatic carbocycles. The number of carbonyl (C=O) groups is 1. The number of carbonyl (C=O) groups excluding carboxylic acids is 1. The van der Waals surface area contributed by atoms with Gasteiger partial charge in [-0.3, -0.25) is 4.90 Å². The van der Waals surface area contributed by atoms with Crippen LogP contribution in [-0.2, 0) is 13.1 Å². The second-order valence-electron chi connectivity index (χ2n) is 5.88. The second kappa shape index (κ2) is 5.49. The summed E-state index contributed by atoms with van der Waals surface area (Å²) in [5.74, 6) is 0.474. The Kier molecular flexibility index (Phi) is 3.30. The van der Waals surface area contributed by atoms with Crippen LogP contribution in [0.25, 0.3) is 0 Å². The molecular weight excluding hydrogens is 304 g/mol. The number of nitrogens with zero attached hydrogens (tertiary/aromatic N) is 4. The summed E-state index contributed by atoms with van der Waals surface area (Å²) in [6.07, 6.45) is 0. The van der Waals surface area contributed by atoms with Crippen LogP contribution in [0.3, 0.4) is 0 Å². The Morgan fingerprint density at radius 2 is 1.71 bits per heavy atom. The molecule has 0 saturated heterocycles. The SMILES string of the molecule is Cc1ccc(N2Cc3nn(Cc4ccccc4)c(=O)n3C2=O)cc1. The molecule has 1 aromatic heterocycles. The first-order valence-electron chi connectivity index (χ1n) is 7.75. The highest BCUT2D eigenvalue weighted by Crippen LogP contribution is 2.22. The van der Waals surface area contributed by atoms with E-state index in [0.29, 0.717) is 18.9 Å². The normalized spacial score (nSPS) is 13.4. The summed E-state index contributed by atoms with van der Waals surface area (Å²) in [6.45, 7) is 2.65. The van der Waals surface area contributed by atoms with Gasteiger partial charge in [0.25, 0.3) is 0 Å². The number of aromatic nitrogens is 3. The maximum Gasteiger partial charge on any atom is 0.354 e. The molecule has 6 heteroatoms. The largest absolute Gasteiger partial charge is 0.354 e. The summed E-state index contributed by atoms with van der Waals surface area (Å²) < 4.78 is 2.50. The van der Waals surface area contributed by atoms with Crippen molar-refractivity contribution in [1.82, 2.24) is 14.3 Å². The quantitative estimate of drug-likeness (QED) is 0.744. The molecule has 0 atom stereocenters. The number of benzene rings is 2. The fourth-order valence-corrected chi connectivity index (χ4v) is 2.86. The van der Waals surface area contributed by atoms with Crippen molar-refractivity contribution in [3.05, 3.63) is 82.0 Å². The minimum Gasteiger partial charge on any atom is -0.286 e. The molecule has 0 aliphatic carbocycles. The van der Waals surface area contributed by atoms with Crippen molar-refractivity contribution in [3.8, 4) is 0 Å². The molecule has 24 heavy (non-hydrogen) atoms. The van der Waals surface area contributed by atoms with Crippen LogP contribution in [0, 0.1) is 6.92 Å². The van der Waals surface area contributed by atoms with Crippen molar-refractivity contribution in [1.29, 1.82) is 0 Å². The third-order valence-corrected chi connectivity index (χ3v) is 4.15. The molecule has 1 aliphatic heterocycles. The molecule has 0 bridgehead atoms. The molecule has 1 amide bonds. The summed E-state index contributed by atoms with van der Waals surface area (Å²) >= 11 is 0. The van der Waals surface area contributed by atoms with Crippen molar-refractivity contribution in [2.75, 3.05) is 4.90 Å². The van der Waals surface area contributed by atoms with E-state index in [1.165, 1.54) is 4.68 Å². The predicted molar refractivity (Wildman–Crippen MR) is 90.2 cm³/mol. The first kappa shape index (κ1) is 14.4. The molecule has 2 heterocycles. The fourth-order valence-electron chi connectivity index (χ4n) is 2.86. The fraction of sp³-hybridized carbons (Fsp3) is 0.167. The average molecular weight is 320 g/mol. The van der Waals surface area contributed by atoms with Gasteiger partial charge in [0.2, 0.25) is 0 Å². The molecule has 0 fully saturated rings. The summed E-state index contributed by atoms with van der Waals surface area (Å²) in [4.78, 5) is 26.7. The lowest BCUT2D eigenvalue weighted by Crippen LogP contribution is -2.35. The topological polar surface area (TPSA) is 60.1 Å². The molecule has 4 rings (SSSR count). The summed E-state index contributed by atoms with van der Waals surface area (Å²) in [7, 11) is 0. The van der Waals surface area contributed by atoms with Crippen molar-refractivity contribution < 1.29 is 4.79 Å². The number of hydrogen-bond donors (Lipinski definition) is 0. The Labute approximate surface area is 138 Å². The van der Waals surface area contributed by atoms with Gasteiger partial charge in [0, 0.05) is 5.69 Å². The minimum absolute atomic E-state index is 0.304. The van der Waals surface area contributed by atoms with E-state index in [0.717, 1.165) is 21.4 Å². The number of aryl methyl sites for hydroxylation is 1. The van der Waals surface area contributed by atoms with Crippen molar-refractivity contribution in [2.24, 2.45) is 0 Å². The molecule has 3 aromatic rings. The van der Waals surface area contributed by atoms with E-state index in [1.807, 2.05) is 61.5 Å². The Hall–Kier alpha value is -3.15. The van der Waals surface area contributed by atoms with Crippen LogP contribution < -0.4 is 10.6 Å². The first-order chi connectivity index (χ1) is 11.6. The van der Waals surface area contributed by atoms with Gasteiger partial charge in [-0.05, 0) is 24.6 Å². The van der Waals surface area contributed by atoms with Gasteiger partial charge in [-0.25, -0.2) is 14.3 Å². The summed E-state index contributed by atoms with van der Waals surface area (Å²) in [5, 5.41) is 4.33. The van der Waals surface area contributed by atoms with Crippen LogP contribution in [-0.4, -0.2) is 20.4 Å². The highest BCUT2D eigenvalue weighted by atomic mass is 16.2. The van der Waals surface area contributed by atoms with E-state index in [1.54, 1.807) is 4.90 Å². The maximum atomic E-state index is 12.6. The molecule has 1 aliphatic rings. The lowest BCUT2D eigenvalue weighted by molar-refractivity contribution is 0.250. The Morgan fingerprint density at radius 1 is 1.00 bits per heavy atom. The predicted octanol–water partition coefficient (Wildman–Crippen LogP) is 2.39. The van der Waals surface area contributed by atoms with Gasteiger partial charge in [-0.15, -0.1) is 0 Å². The minimum atomic E-state index is -0.395. The molecule has 6 nitrogen and oxygen atoms in total. The third-order valence-electron chi connectivity index (χ3n) is 4.15. The van der Waals surface area contributed by atoms with Gasteiger partial charge in [0.1, 0.15) is 0 Å². The zero-order valence-corrected chi connectivity index (χ0v) is 13.2. The van der Waals surface area contributed by atoms with E-state index in [9.17, 15) is 9.59 Å². The van der Waals surface area contributed by atoms with Crippen LogP contribution in [0.15, 0.2) is 59.4 Å². The summed E-state index contributed by atoms with van der Waals surface area (Å²) in [5.41, 5.74) is 2.46. The molecule has 120 valence electrons. The van der Waals surface area contributed by atoms with Gasteiger partial charge >= 0.3 is 11.7 Å². The zero-order valence-electron chi connectivity index (χ0n) is 13.2. The molecule has 0 unspecified atom stereocenters. The number of anilines is 1. The molecular formula is C18H16N4O2. The number of rotatable bonds is 3. The molecule has 0 radical (unpaired) electrons. The molecule has 0 N–H and O–H groups in total. The lowest BCUT2D eigenvalue weighted by Gasteiger charge is -2.15. The van der Waals surface area contributed by atoms with Gasteiger partial charge in [0.05, 0.1) is 13.1 Å². The zero-order chi connectivity index (χ0) is 16.7. The third kappa shape index (κ3) is 2.32. The highest BCUT2D eigenvalue weighted by Gasteiger charge is 2.33. The van der Waals surface area contributed by atoms with Crippen LogP contribution >= 0.6 is 0 Å². The Bertz CT molecular complexity index is 955. The van der Waals surface area contributed by atoms with Crippen LogP contribution in [0.1, 0.15) is 17.0 Å². The average Bonchev–Trinajstić information content (AvgIpc) is 3.07. The summed E-state index contributed by atoms with van der Waals surface area (Å²) in [6, 6.07) is 16.9. The monoisotopic (exact) mass is 320 g/mol. The second-order valence-corrected chi connectivity index (χ2v) is 5.88. The van der Waals surface area contributed by atoms with Gasteiger partial charge < -0.3 is 0 Å². The maximum absolute atomic E-state index is 12.6. The highest BCUT2D eigenvalue weighted by molar-refractivity contribution is 5.96. The van der Waals surface area contributed by atoms with E-state index in [-0.39, 0.29) is 6.03 Å². The van der Waals surface area contributed by atoms with Crippen LogP contribution in [0.5, 0.6) is 0 Å². The van der Waals surface area contributed by atoms with Crippen LogP contribution in [0.2, 0.25) is 0 Å². The van der Waals surface area contributed by atoms with E-state index >= 15 is 0 Å². The van der Waals surface area contributed by atoms with E-state index in [2.05, 4.69) is 5.10 Å². The first-order valence-corrected chi connectivity index (χ1v) is 7.75. The van der Waals surface area contributed by atoms with Gasteiger partial charge in [-0.1, -0.05) is 48.0 Å². The van der Waals surface area contributed by atoms with Crippen molar-refractivity contribution in [3.63, 3.8) is 0 Å². The Balaban J connectivity index is 1.64. The van der Waals surface area contributed by atoms with Gasteiger partial charge in [-0.2, -0.15) is 9.67 Å². The standard InChI is InChI=1S/C18H16N4O2/c1-13-7-9-15(10-8-13)20-12-16-19-21(18(24)22(16)17(20)23)11-14-5-3-2-4-6-14/h2-10H,11-12H2,1H3. The number of fused-ring (bicyclic) bond motifs is 1. The van der Waals surface area contributed by atoms with E-state index in [4.69, 9.17) is 0 Å². The molecule has 0 saturated carbocycles. The smallest absolute Gasteiger partial charge is 0.286 e. The number of hydrogen-bond acceptors (Lipinski definition) is 3. The van der Waals surface area contributed by atoms with Crippen LogP contribution in [0.4, 0.5) is 10.5 Å². The number of amides is 1. The molecule has 0 spiro atoms. The Morgan fingerprint density at radius 3 is 2.38 bits per heavy atom. The van der Waals surface area contributed by atoms with Crippen molar-refractivity contribution in [2.45, 2.75) is 20.0 Å². The van der Waals surface area contributed by atoms with Gasteiger partial charge in [0.15, 0.2) is 5.82 Å². The van der Waals surface area contributed by atoms with E-state index < -0.39 is 5.69 Å². The lowest BCUT2D eigenvalue weighted by atomic mass is 10.2.